The molecule has 0 aliphatic carbocycles. The Balaban J connectivity index is 1.40. The Morgan fingerprint density at radius 2 is 1.80 bits per heavy atom. The Morgan fingerprint density at radius 3 is 2.54 bits per heavy atom. The third kappa shape index (κ3) is 4.45. The van der Waals surface area contributed by atoms with Gasteiger partial charge in [0, 0.05) is 24.2 Å². The molecule has 0 N–H and O–H groups in total. The zero-order chi connectivity index (χ0) is 24.7. The number of ether oxygens (including phenoxy) is 4. The number of methoxy groups -OCH3 is 2. The Bertz CT molecular complexity index is 1370. The van der Waals surface area contributed by atoms with Gasteiger partial charge in [0.2, 0.25) is 5.78 Å². The molecule has 6 nitrogen and oxygen atoms in total. The van der Waals surface area contributed by atoms with Gasteiger partial charge in [-0.25, -0.2) is 0 Å². The van der Waals surface area contributed by atoms with Crippen LogP contribution in [-0.4, -0.2) is 31.6 Å². The van der Waals surface area contributed by atoms with Gasteiger partial charge < -0.3 is 18.9 Å². The molecule has 2 aliphatic rings. The summed E-state index contributed by atoms with van der Waals surface area (Å²) in [7, 11) is 3.15. The van der Waals surface area contributed by atoms with Crippen LogP contribution < -0.4 is 18.9 Å². The third-order valence-corrected chi connectivity index (χ3v) is 6.84. The second-order valence-electron chi connectivity index (χ2n) is 8.43. The Kier molecular flexibility index (Phi) is 6.36. The van der Waals surface area contributed by atoms with E-state index in [0.29, 0.717) is 52.7 Å². The van der Waals surface area contributed by atoms with Gasteiger partial charge >= 0.3 is 0 Å². The molecule has 0 radical (unpaired) electrons. The Labute approximate surface area is 213 Å². The van der Waals surface area contributed by atoms with E-state index in [2.05, 4.69) is 4.90 Å². The molecule has 2 aliphatic heterocycles. The van der Waals surface area contributed by atoms with Crippen LogP contribution in [0.4, 0.5) is 0 Å². The second kappa shape index (κ2) is 9.46. The van der Waals surface area contributed by atoms with Crippen LogP contribution in [0.3, 0.4) is 0 Å². The van der Waals surface area contributed by atoms with E-state index in [1.54, 1.807) is 38.5 Å². The molecule has 180 valence electrons. The zero-order valence-corrected chi connectivity index (χ0v) is 21.0. The number of rotatable bonds is 5. The monoisotopic (exact) mass is 511 g/mol. The zero-order valence-electron chi connectivity index (χ0n) is 19.5. The first-order chi connectivity index (χ1) is 16.9. The van der Waals surface area contributed by atoms with Crippen LogP contribution in [0.25, 0.3) is 6.08 Å². The molecule has 35 heavy (non-hydrogen) atoms. The molecule has 0 spiro atoms. The molecular weight excluding hydrogens is 489 g/mol. The van der Waals surface area contributed by atoms with Gasteiger partial charge in [0.25, 0.3) is 0 Å². The minimum Gasteiger partial charge on any atom is -0.493 e. The molecule has 3 aromatic rings. The Hall–Kier alpha value is -3.19. The average molecular weight is 512 g/mol. The van der Waals surface area contributed by atoms with Crippen LogP contribution in [0.1, 0.15) is 32.6 Å². The SMILES string of the molecule is COc1ccc(/C=C2\Oc3c(cc4c(c3C)OCN(Cc3ccc(Cl)c(Cl)c3)C4)C2=O)cc1OC. The van der Waals surface area contributed by atoms with Crippen LogP contribution in [0, 0.1) is 6.92 Å². The van der Waals surface area contributed by atoms with Crippen molar-refractivity contribution in [2.24, 2.45) is 0 Å². The number of benzene rings is 3. The smallest absolute Gasteiger partial charge is 0.231 e. The lowest BCUT2D eigenvalue weighted by Crippen LogP contribution is -2.32. The first kappa shape index (κ1) is 23.5. The molecule has 2 heterocycles. The van der Waals surface area contributed by atoms with E-state index in [1.807, 2.05) is 31.2 Å². The van der Waals surface area contributed by atoms with E-state index in [4.69, 9.17) is 42.1 Å². The van der Waals surface area contributed by atoms with Crippen LogP contribution in [0.15, 0.2) is 48.2 Å². The number of Topliss-reactive ketones (excluding diaryl/α,β-unsaturated/α-hetero) is 1. The summed E-state index contributed by atoms with van der Waals surface area (Å²) in [5.74, 6) is 2.58. The van der Waals surface area contributed by atoms with E-state index in [0.717, 1.165) is 28.0 Å². The van der Waals surface area contributed by atoms with Gasteiger partial charge in [0.1, 0.15) is 18.2 Å². The highest BCUT2D eigenvalue weighted by molar-refractivity contribution is 6.42. The van der Waals surface area contributed by atoms with Gasteiger partial charge in [-0.15, -0.1) is 0 Å². The maximum absolute atomic E-state index is 13.2. The fourth-order valence-electron chi connectivity index (χ4n) is 4.39. The van der Waals surface area contributed by atoms with E-state index in [1.165, 1.54) is 0 Å². The minimum atomic E-state index is -0.165. The average Bonchev–Trinajstić information content (AvgIpc) is 3.16. The van der Waals surface area contributed by atoms with Gasteiger partial charge in [-0.05, 0) is 54.5 Å². The van der Waals surface area contributed by atoms with Gasteiger partial charge in [-0.1, -0.05) is 35.3 Å². The summed E-state index contributed by atoms with van der Waals surface area (Å²) in [4.78, 5) is 15.4. The number of halogens is 2. The van der Waals surface area contributed by atoms with Gasteiger partial charge in [-0.3, -0.25) is 9.69 Å². The maximum Gasteiger partial charge on any atom is 0.231 e. The highest BCUT2D eigenvalue weighted by Crippen LogP contribution is 2.43. The number of allylic oxidation sites excluding steroid dienone is 1. The molecule has 3 aromatic carbocycles. The number of nitrogens with zero attached hydrogens (tertiary/aromatic N) is 1. The molecule has 0 aromatic heterocycles. The van der Waals surface area contributed by atoms with Crippen molar-refractivity contribution in [3.63, 3.8) is 0 Å². The summed E-state index contributed by atoms with van der Waals surface area (Å²) in [5, 5.41) is 1.05. The van der Waals surface area contributed by atoms with Crippen LogP contribution in [0.2, 0.25) is 10.0 Å². The lowest BCUT2D eigenvalue weighted by atomic mass is 9.99. The lowest BCUT2D eigenvalue weighted by Gasteiger charge is -2.30. The van der Waals surface area contributed by atoms with Crippen molar-refractivity contribution in [2.45, 2.75) is 20.0 Å². The molecule has 0 bridgehead atoms. The van der Waals surface area contributed by atoms with Gasteiger partial charge in [0.05, 0.1) is 29.8 Å². The van der Waals surface area contributed by atoms with Gasteiger partial charge in [0.15, 0.2) is 17.3 Å². The number of ketones is 1. The quantitative estimate of drug-likeness (QED) is 0.375. The number of hydrogen-bond donors (Lipinski definition) is 0. The summed E-state index contributed by atoms with van der Waals surface area (Å²) >= 11 is 12.2. The van der Waals surface area contributed by atoms with Crippen molar-refractivity contribution >= 4 is 35.1 Å². The summed E-state index contributed by atoms with van der Waals surface area (Å²) in [6.45, 7) is 3.60. The lowest BCUT2D eigenvalue weighted by molar-refractivity contribution is 0.0876. The molecule has 0 atom stereocenters. The normalized spacial score (nSPS) is 15.9. The predicted molar refractivity (Wildman–Crippen MR) is 135 cm³/mol. The van der Waals surface area contributed by atoms with Crippen LogP contribution in [-0.2, 0) is 13.1 Å². The molecule has 0 saturated carbocycles. The fraction of sp³-hybridized carbons (Fsp3) is 0.222. The van der Waals surface area contributed by atoms with Gasteiger partial charge in [-0.2, -0.15) is 0 Å². The van der Waals surface area contributed by atoms with Crippen molar-refractivity contribution in [3.8, 4) is 23.0 Å². The molecule has 8 heteroatoms. The van der Waals surface area contributed by atoms with Crippen molar-refractivity contribution in [2.75, 3.05) is 21.0 Å². The van der Waals surface area contributed by atoms with E-state index < -0.39 is 0 Å². The Morgan fingerprint density at radius 1 is 1.00 bits per heavy atom. The number of hydrogen-bond acceptors (Lipinski definition) is 6. The molecule has 0 fully saturated rings. The summed E-state index contributed by atoms with van der Waals surface area (Å²) in [6, 6.07) is 12.9. The van der Waals surface area contributed by atoms with Crippen molar-refractivity contribution < 1.29 is 23.7 Å². The minimum absolute atomic E-state index is 0.165. The molecule has 0 saturated heterocycles. The van der Waals surface area contributed by atoms with Crippen molar-refractivity contribution in [1.82, 2.24) is 4.90 Å². The summed E-state index contributed by atoms with van der Waals surface area (Å²) in [6.07, 6.45) is 1.71. The van der Waals surface area contributed by atoms with Crippen molar-refractivity contribution in [1.29, 1.82) is 0 Å². The van der Waals surface area contributed by atoms with Crippen LogP contribution >= 0.6 is 23.2 Å². The first-order valence-corrected chi connectivity index (χ1v) is 11.8. The first-order valence-electron chi connectivity index (χ1n) is 11.0. The van der Waals surface area contributed by atoms with E-state index in [9.17, 15) is 4.79 Å². The van der Waals surface area contributed by atoms with Crippen molar-refractivity contribution in [3.05, 3.63) is 86.1 Å². The largest absolute Gasteiger partial charge is 0.493 e. The van der Waals surface area contributed by atoms with E-state index in [-0.39, 0.29) is 11.5 Å². The molecule has 0 amide bonds. The maximum atomic E-state index is 13.2. The standard InChI is InChI=1S/C27H23Cl2NO5/c1-15-26-18(13-30(14-34-26)12-17-4-6-20(28)21(29)8-17)11-19-25(31)24(35-27(15)19)10-16-5-7-22(32-2)23(9-16)33-3/h4-11H,12-14H2,1-3H3/b24-10-. The number of carbonyl (C=O) groups excluding carboxylic acids is 1. The third-order valence-electron chi connectivity index (χ3n) is 6.10. The van der Waals surface area contributed by atoms with E-state index >= 15 is 0 Å². The fourth-order valence-corrected chi connectivity index (χ4v) is 4.71. The summed E-state index contributed by atoms with van der Waals surface area (Å²) in [5.41, 5.74) is 4.09. The molecule has 0 unspecified atom stereocenters. The number of fused-ring (bicyclic) bond motifs is 2. The molecular formula is C27H23Cl2NO5. The topological polar surface area (TPSA) is 57.2 Å². The highest BCUT2D eigenvalue weighted by Gasteiger charge is 2.33. The predicted octanol–water partition coefficient (Wildman–Crippen LogP) is 6.29. The van der Waals surface area contributed by atoms with Crippen LogP contribution in [0.5, 0.6) is 23.0 Å². The summed E-state index contributed by atoms with van der Waals surface area (Å²) < 4.78 is 22.8. The molecule has 5 rings (SSSR count). The second-order valence-corrected chi connectivity index (χ2v) is 9.24. The number of carbonyl (C=O) groups is 1. The highest BCUT2D eigenvalue weighted by atomic mass is 35.5.